The Balaban J connectivity index is 3.13. The van der Waals surface area contributed by atoms with Crippen LogP contribution in [0.2, 0.25) is 0 Å². The molecule has 0 aromatic heterocycles. The molecule has 1 aliphatic heterocycles. The Bertz CT molecular complexity index is 364. The predicted octanol–water partition coefficient (Wildman–Crippen LogP) is 1.56. The van der Waals surface area contributed by atoms with Crippen molar-refractivity contribution in [3.05, 3.63) is 0 Å². The van der Waals surface area contributed by atoms with Crippen LogP contribution in [0.15, 0.2) is 0 Å². The third kappa shape index (κ3) is 2.97. The monoisotopic (exact) mass is 284 g/mol. The van der Waals surface area contributed by atoms with Gasteiger partial charge in [0.25, 0.3) is 0 Å². The standard InChI is InChI=1S/C15H28N2O3/c1-7-15(8-2)14(19)17(9-11(5)20-6)12(10(3)4)13(18)16-15/h10-12H,7-9H2,1-6H3,(H,16,18). The molecule has 0 aliphatic carbocycles. The maximum Gasteiger partial charge on any atom is 0.249 e. The molecule has 2 amide bonds. The van der Waals surface area contributed by atoms with Gasteiger partial charge in [-0.3, -0.25) is 9.59 Å². The van der Waals surface area contributed by atoms with Crippen LogP contribution in [-0.2, 0) is 14.3 Å². The van der Waals surface area contributed by atoms with Crippen LogP contribution in [0.4, 0.5) is 0 Å². The highest BCUT2D eigenvalue weighted by Crippen LogP contribution is 2.28. The van der Waals surface area contributed by atoms with Crippen LogP contribution in [0.1, 0.15) is 47.5 Å². The lowest BCUT2D eigenvalue weighted by molar-refractivity contribution is -0.159. The van der Waals surface area contributed by atoms with Gasteiger partial charge >= 0.3 is 0 Å². The summed E-state index contributed by atoms with van der Waals surface area (Å²) in [7, 11) is 1.62. The van der Waals surface area contributed by atoms with Crippen molar-refractivity contribution in [1.29, 1.82) is 0 Å². The summed E-state index contributed by atoms with van der Waals surface area (Å²) in [6, 6.07) is -0.411. The molecule has 1 saturated heterocycles. The Morgan fingerprint density at radius 1 is 1.25 bits per heavy atom. The number of carbonyl (C=O) groups excluding carboxylic acids is 2. The van der Waals surface area contributed by atoms with Gasteiger partial charge in [-0.2, -0.15) is 0 Å². The van der Waals surface area contributed by atoms with Crippen LogP contribution in [-0.4, -0.2) is 48.1 Å². The maximum atomic E-state index is 12.9. The summed E-state index contributed by atoms with van der Waals surface area (Å²) in [6.45, 7) is 10.2. The molecule has 2 atom stereocenters. The topological polar surface area (TPSA) is 58.6 Å². The first kappa shape index (κ1) is 17.0. The number of amides is 2. The van der Waals surface area contributed by atoms with Crippen molar-refractivity contribution in [2.75, 3.05) is 13.7 Å². The van der Waals surface area contributed by atoms with E-state index in [4.69, 9.17) is 4.74 Å². The largest absolute Gasteiger partial charge is 0.380 e. The second-order valence-corrected chi connectivity index (χ2v) is 5.97. The number of nitrogens with one attached hydrogen (secondary N) is 1. The average Bonchev–Trinajstić information content (AvgIpc) is 2.41. The minimum absolute atomic E-state index is 0.0182. The van der Waals surface area contributed by atoms with Gasteiger partial charge in [-0.05, 0) is 25.7 Å². The van der Waals surface area contributed by atoms with E-state index in [1.807, 2.05) is 34.6 Å². The van der Waals surface area contributed by atoms with E-state index < -0.39 is 11.6 Å². The molecule has 116 valence electrons. The van der Waals surface area contributed by atoms with Crippen LogP contribution in [0.25, 0.3) is 0 Å². The molecule has 1 aliphatic rings. The summed E-state index contributed by atoms with van der Waals surface area (Å²) >= 11 is 0. The van der Waals surface area contributed by atoms with Crippen molar-refractivity contribution in [3.8, 4) is 0 Å². The SMILES string of the molecule is CCC1(CC)NC(=O)C(C(C)C)N(CC(C)OC)C1=O. The number of hydrogen-bond donors (Lipinski definition) is 1. The van der Waals surface area contributed by atoms with E-state index >= 15 is 0 Å². The minimum atomic E-state index is -0.754. The lowest BCUT2D eigenvalue weighted by atomic mass is 9.84. The van der Waals surface area contributed by atoms with E-state index in [-0.39, 0.29) is 23.8 Å². The third-order valence-electron chi connectivity index (χ3n) is 4.33. The van der Waals surface area contributed by atoms with E-state index in [0.29, 0.717) is 19.4 Å². The molecule has 2 unspecified atom stereocenters. The molecule has 1 rings (SSSR count). The number of piperazine rings is 1. The van der Waals surface area contributed by atoms with Gasteiger partial charge in [-0.1, -0.05) is 27.7 Å². The van der Waals surface area contributed by atoms with E-state index in [1.54, 1.807) is 12.0 Å². The van der Waals surface area contributed by atoms with Crippen LogP contribution in [0.5, 0.6) is 0 Å². The Hall–Kier alpha value is -1.10. The second-order valence-electron chi connectivity index (χ2n) is 5.97. The third-order valence-corrected chi connectivity index (χ3v) is 4.33. The van der Waals surface area contributed by atoms with Gasteiger partial charge in [-0.25, -0.2) is 0 Å². The fourth-order valence-electron chi connectivity index (χ4n) is 2.85. The smallest absolute Gasteiger partial charge is 0.249 e. The first-order valence-corrected chi connectivity index (χ1v) is 7.48. The van der Waals surface area contributed by atoms with Crippen LogP contribution < -0.4 is 5.32 Å². The first-order chi connectivity index (χ1) is 9.32. The summed E-state index contributed by atoms with van der Waals surface area (Å²) in [5.74, 6) is 0.0472. The predicted molar refractivity (Wildman–Crippen MR) is 78.3 cm³/mol. The molecule has 0 spiro atoms. The van der Waals surface area contributed by atoms with Gasteiger partial charge in [0.15, 0.2) is 0 Å². The van der Waals surface area contributed by atoms with Gasteiger partial charge in [0.05, 0.1) is 6.10 Å². The van der Waals surface area contributed by atoms with Crippen LogP contribution in [0.3, 0.4) is 0 Å². The van der Waals surface area contributed by atoms with Crippen molar-refractivity contribution in [1.82, 2.24) is 10.2 Å². The number of rotatable bonds is 6. The lowest BCUT2D eigenvalue weighted by Crippen LogP contribution is -2.71. The Morgan fingerprint density at radius 3 is 2.20 bits per heavy atom. The summed E-state index contributed by atoms with van der Waals surface area (Å²) in [4.78, 5) is 27.0. The van der Waals surface area contributed by atoms with E-state index in [9.17, 15) is 9.59 Å². The molecule has 0 saturated carbocycles. The quantitative estimate of drug-likeness (QED) is 0.805. The number of hydrogen-bond acceptors (Lipinski definition) is 3. The zero-order valence-corrected chi connectivity index (χ0v) is 13.5. The maximum absolute atomic E-state index is 12.9. The van der Waals surface area contributed by atoms with E-state index in [0.717, 1.165) is 0 Å². The number of methoxy groups -OCH3 is 1. The molecule has 1 fully saturated rings. The van der Waals surface area contributed by atoms with Gasteiger partial charge in [-0.15, -0.1) is 0 Å². The molecule has 0 aromatic rings. The molecule has 0 aromatic carbocycles. The summed E-state index contributed by atoms with van der Waals surface area (Å²) in [6.07, 6.45) is 1.13. The number of ether oxygens (including phenoxy) is 1. The lowest BCUT2D eigenvalue weighted by Gasteiger charge is -2.47. The van der Waals surface area contributed by atoms with Crippen molar-refractivity contribution in [3.63, 3.8) is 0 Å². The molecule has 0 radical (unpaired) electrons. The van der Waals surface area contributed by atoms with Crippen molar-refractivity contribution < 1.29 is 14.3 Å². The Labute approximate surface area is 122 Å². The van der Waals surface area contributed by atoms with Gasteiger partial charge in [0.1, 0.15) is 11.6 Å². The zero-order valence-electron chi connectivity index (χ0n) is 13.5. The van der Waals surface area contributed by atoms with E-state index in [2.05, 4.69) is 5.32 Å². The fourth-order valence-corrected chi connectivity index (χ4v) is 2.85. The molecular weight excluding hydrogens is 256 g/mol. The minimum Gasteiger partial charge on any atom is -0.380 e. The van der Waals surface area contributed by atoms with E-state index in [1.165, 1.54) is 0 Å². The molecule has 20 heavy (non-hydrogen) atoms. The zero-order chi connectivity index (χ0) is 15.5. The normalized spacial score (nSPS) is 23.9. The molecule has 1 heterocycles. The number of carbonyl (C=O) groups is 2. The van der Waals surface area contributed by atoms with Crippen molar-refractivity contribution in [2.24, 2.45) is 5.92 Å². The summed E-state index contributed by atoms with van der Waals surface area (Å²) in [5.41, 5.74) is -0.754. The Morgan fingerprint density at radius 2 is 1.80 bits per heavy atom. The summed E-state index contributed by atoms with van der Waals surface area (Å²) < 4.78 is 5.27. The average molecular weight is 284 g/mol. The second kappa shape index (κ2) is 6.57. The molecule has 5 heteroatoms. The van der Waals surface area contributed by atoms with Gasteiger partial charge in [0.2, 0.25) is 11.8 Å². The highest BCUT2D eigenvalue weighted by Gasteiger charge is 2.49. The molecule has 5 nitrogen and oxygen atoms in total. The summed E-state index contributed by atoms with van der Waals surface area (Å²) in [5, 5.41) is 2.96. The molecule has 1 N–H and O–H groups in total. The van der Waals surface area contributed by atoms with Gasteiger partial charge < -0.3 is 15.0 Å². The first-order valence-electron chi connectivity index (χ1n) is 7.48. The Kier molecular flexibility index (Phi) is 5.57. The molecule has 0 bridgehead atoms. The number of nitrogens with zero attached hydrogens (tertiary/aromatic N) is 1. The van der Waals surface area contributed by atoms with Crippen LogP contribution in [0, 0.1) is 5.92 Å². The van der Waals surface area contributed by atoms with Crippen molar-refractivity contribution >= 4 is 11.8 Å². The highest BCUT2D eigenvalue weighted by molar-refractivity contribution is 6.00. The fraction of sp³-hybridized carbons (Fsp3) is 0.867. The highest BCUT2D eigenvalue weighted by atomic mass is 16.5. The van der Waals surface area contributed by atoms with Gasteiger partial charge in [0, 0.05) is 13.7 Å². The van der Waals surface area contributed by atoms with Crippen molar-refractivity contribution in [2.45, 2.75) is 65.1 Å². The molecular formula is C15H28N2O3. The van der Waals surface area contributed by atoms with Crippen LogP contribution >= 0.6 is 0 Å².